The number of sulfone groups is 1. The molecule has 2 aromatic carbocycles. The van der Waals surface area contributed by atoms with Crippen LogP contribution in [0.1, 0.15) is 5.56 Å². The van der Waals surface area contributed by atoms with Crippen molar-refractivity contribution < 1.29 is 17.9 Å². The highest BCUT2D eigenvalue weighted by Gasteiger charge is 2.15. The number of fused-ring (bicyclic) bond motifs is 1. The summed E-state index contributed by atoms with van der Waals surface area (Å²) in [5.41, 5.74) is 2.14. The van der Waals surface area contributed by atoms with Gasteiger partial charge < -0.3 is 9.52 Å². The lowest BCUT2D eigenvalue weighted by Crippen LogP contribution is -1.96. The molecular formula is C16H14O4S. The maximum absolute atomic E-state index is 11.5. The van der Waals surface area contributed by atoms with Crippen LogP contribution in [0.15, 0.2) is 57.8 Å². The molecule has 0 radical (unpaired) electrons. The maximum atomic E-state index is 11.5. The van der Waals surface area contributed by atoms with Crippen molar-refractivity contribution in [1.82, 2.24) is 0 Å². The van der Waals surface area contributed by atoms with E-state index in [1.807, 2.05) is 24.3 Å². The van der Waals surface area contributed by atoms with Crippen molar-refractivity contribution in [1.29, 1.82) is 0 Å². The van der Waals surface area contributed by atoms with E-state index in [2.05, 4.69) is 0 Å². The minimum Gasteiger partial charge on any atom is -0.456 e. The maximum Gasteiger partial charge on any atom is 0.175 e. The Morgan fingerprint density at radius 3 is 2.33 bits per heavy atom. The molecule has 1 N–H and O–H groups in total. The van der Waals surface area contributed by atoms with Crippen molar-refractivity contribution in [2.45, 2.75) is 11.5 Å². The summed E-state index contributed by atoms with van der Waals surface area (Å²) in [7, 11) is -3.22. The zero-order valence-electron chi connectivity index (χ0n) is 11.4. The molecule has 0 saturated heterocycles. The number of hydrogen-bond donors (Lipinski definition) is 1. The van der Waals surface area contributed by atoms with E-state index in [1.165, 1.54) is 6.26 Å². The van der Waals surface area contributed by atoms with Crippen molar-refractivity contribution in [3.63, 3.8) is 0 Å². The third-order valence-corrected chi connectivity index (χ3v) is 4.53. The van der Waals surface area contributed by atoms with Gasteiger partial charge in [-0.05, 0) is 30.3 Å². The van der Waals surface area contributed by atoms with Gasteiger partial charge in [0, 0.05) is 22.8 Å². The summed E-state index contributed by atoms with van der Waals surface area (Å²) in [6.45, 7) is -0.139. The Kier molecular flexibility index (Phi) is 3.31. The molecule has 1 aromatic heterocycles. The van der Waals surface area contributed by atoms with Crippen LogP contribution in [0.3, 0.4) is 0 Å². The lowest BCUT2D eigenvalue weighted by molar-refractivity contribution is 0.282. The van der Waals surface area contributed by atoms with Crippen molar-refractivity contribution in [3.8, 4) is 11.3 Å². The minimum atomic E-state index is -3.22. The first-order valence-corrected chi connectivity index (χ1v) is 8.31. The SMILES string of the molecule is CS(=O)(=O)c1ccc(-c2oc3ccccc3c2CO)cc1. The largest absolute Gasteiger partial charge is 0.456 e. The zero-order valence-corrected chi connectivity index (χ0v) is 12.2. The van der Waals surface area contributed by atoms with E-state index in [0.29, 0.717) is 16.9 Å². The molecule has 0 unspecified atom stereocenters. The van der Waals surface area contributed by atoms with Crippen molar-refractivity contribution in [2.24, 2.45) is 0 Å². The third kappa shape index (κ3) is 2.46. The van der Waals surface area contributed by atoms with E-state index in [4.69, 9.17) is 4.42 Å². The first kappa shape index (κ1) is 13.9. The van der Waals surface area contributed by atoms with E-state index in [1.54, 1.807) is 24.3 Å². The van der Waals surface area contributed by atoms with Gasteiger partial charge in [-0.25, -0.2) is 8.42 Å². The monoisotopic (exact) mass is 302 g/mol. The quantitative estimate of drug-likeness (QED) is 0.807. The van der Waals surface area contributed by atoms with Gasteiger partial charge in [-0.2, -0.15) is 0 Å². The summed E-state index contributed by atoms with van der Waals surface area (Å²) >= 11 is 0. The Morgan fingerprint density at radius 1 is 1.05 bits per heavy atom. The molecule has 3 rings (SSSR count). The normalized spacial score (nSPS) is 11.9. The molecule has 0 bridgehead atoms. The van der Waals surface area contributed by atoms with Crippen LogP contribution in [-0.2, 0) is 16.4 Å². The standard InChI is InChI=1S/C16H14O4S/c1-21(18,19)12-8-6-11(7-9-12)16-14(10-17)13-4-2-3-5-15(13)20-16/h2-9,17H,10H2,1H3. The molecule has 0 atom stereocenters. The second kappa shape index (κ2) is 5.02. The van der Waals surface area contributed by atoms with Crippen LogP contribution in [0, 0.1) is 0 Å². The highest BCUT2D eigenvalue weighted by molar-refractivity contribution is 7.90. The van der Waals surface area contributed by atoms with Gasteiger partial charge >= 0.3 is 0 Å². The lowest BCUT2D eigenvalue weighted by Gasteiger charge is -2.02. The van der Waals surface area contributed by atoms with Crippen LogP contribution in [0.25, 0.3) is 22.3 Å². The number of aliphatic hydroxyl groups excluding tert-OH is 1. The van der Waals surface area contributed by atoms with Crippen LogP contribution in [0.5, 0.6) is 0 Å². The fraction of sp³-hybridized carbons (Fsp3) is 0.125. The summed E-state index contributed by atoms with van der Waals surface area (Å²) in [5, 5.41) is 10.5. The van der Waals surface area contributed by atoms with Crippen LogP contribution < -0.4 is 0 Å². The Hall–Kier alpha value is -2.11. The molecule has 1 heterocycles. The predicted molar refractivity (Wildman–Crippen MR) is 80.7 cm³/mol. The van der Waals surface area contributed by atoms with Gasteiger partial charge in [0.05, 0.1) is 11.5 Å². The summed E-state index contributed by atoms with van der Waals surface area (Å²) in [5.74, 6) is 0.568. The summed E-state index contributed by atoms with van der Waals surface area (Å²) in [4.78, 5) is 0.257. The van der Waals surface area contributed by atoms with Gasteiger partial charge in [-0.15, -0.1) is 0 Å². The average molecular weight is 302 g/mol. The fourth-order valence-electron chi connectivity index (χ4n) is 2.34. The highest BCUT2D eigenvalue weighted by atomic mass is 32.2. The molecule has 0 spiro atoms. The summed E-state index contributed by atoms with van der Waals surface area (Å²) in [6.07, 6.45) is 1.17. The van der Waals surface area contributed by atoms with Crippen LogP contribution in [-0.4, -0.2) is 19.8 Å². The number of benzene rings is 2. The van der Waals surface area contributed by atoms with E-state index in [-0.39, 0.29) is 11.5 Å². The van der Waals surface area contributed by atoms with E-state index in [9.17, 15) is 13.5 Å². The number of furan rings is 1. The zero-order chi connectivity index (χ0) is 15.0. The molecular weight excluding hydrogens is 288 g/mol. The molecule has 0 amide bonds. The number of para-hydroxylation sites is 1. The summed E-state index contributed by atoms with van der Waals surface area (Å²) < 4.78 is 28.8. The molecule has 21 heavy (non-hydrogen) atoms. The molecule has 0 aliphatic rings. The molecule has 0 fully saturated rings. The van der Waals surface area contributed by atoms with Gasteiger partial charge in [-0.3, -0.25) is 0 Å². The summed E-state index contributed by atoms with van der Waals surface area (Å²) in [6, 6.07) is 13.9. The highest BCUT2D eigenvalue weighted by Crippen LogP contribution is 2.33. The molecule has 5 heteroatoms. The lowest BCUT2D eigenvalue weighted by atomic mass is 10.1. The molecule has 108 valence electrons. The topological polar surface area (TPSA) is 67.5 Å². The first-order valence-electron chi connectivity index (χ1n) is 6.42. The Morgan fingerprint density at radius 2 is 1.71 bits per heavy atom. The second-order valence-electron chi connectivity index (χ2n) is 4.86. The van der Waals surface area contributed by atoms with Crippen molar-refractivity contribution in [3.05, 3.63) is 54.1 Å². The van der Waals surface area contributed by atoms with Crippen LogP contribution >= 0.6 is 0 Å². The minimum absolute atomic E-state index is 0.139. The van der Waals surface area contributed by atoms with Gasteiger partial charge in [0.1, 0.15) is 11.3 Å². The molecule has 3 aromatic rings. The van der Waals surface area contributed by atoms with Crippen LogP contribution in [0.4, 0.5) is 0 Å². The Bertz CT molecular complexity index is 890. The third-order valence-electron chi connectivity index (χ3n) is 3.40. The molecule has 0 aliphatic heterocycles. The molecule has 0 aliphatic carbocycles. The van der Waals surface area contributed by atoms with Gasteiger partial charge in [-0.1, -0.05) is 18.2 Å². The number of rotatable bonds is 3. The van der Waals surface area contributed by atoms with E-state index >= 15 is 0 Å². The Balaban J connectivity index is 2.16. The van der Waals surface area contributed by atoms with Gasteiger partial charge in [0.25, 0.3) is 0 Å². The van der Waals surface area contributed by atoms with Gasteiger partial charge in [0.2, 0.25) is 0 Å². The number of aliphatic hydroxyl groups is 1. The Labute approximate surface area is 122 Å². The van der Waals surface area contributed by atoms with Crippen LogP contribution in [0.2, 0.25) is 0 Å². The predicted octanol–water partition coefficient (Wildman–Crippen LogP) is 3.00. The van der Waals surface area contributed by atoms with E-state index in [0.717, 1.165) is 10.9 Å². The van der Waals surface area contributed by atoms with E-state index < -0.39 is 9.84 Å². The first-order chi connectivity index (χ1) is 10.0. The van der Waals surface area contributed by atoms with Gasteiger partial charge in [0.15, 0.2) is 9.84 Å². The fourth-order valence-corrected chi connectivity index (χ4v) is 2.97. The van der Waals surface area contributed by atoms with Crippen molar-refractivity contribution in [2.75, 3.05) is 6.26 Å². The molecule has 4 nitrogen and oxygen atoms in total. The smallest absolute Gasteiger partial charge is 0.175 e. The molecule has 0 saturated carbocycles. The second-order valence-corrected chi connectivity index (χ2v) is 6.88. The van der Waals surface area contributed by atoms with Crippen molar-refractivity contribution >= 4 is 20.8 Å². The average Bonchev–Trinajstić information content (AvgIpc) is 2.85. The number of hydrogen-bond acceptors (Lipinski definition) is 4.